The van der Waals surface area contributed by atoms with Crippen LogP contribution in [0.3, 0.4) is 0 Å². The lowest BCUT2D eigenvalue weighted by atomic mass is 10.0. The summed E-state index contributed by atoms with van der Waals surface area (Å²) in [5.74, 6) is 0. The molecule has 0 unspecified atom stereocenters. The van der Waals surface area contributed by atoms with Gasteiger partial charge in [-0.3, -0.25) is 0 Å². The number of thiazole rings is 1. The third-order valence-corrected chi connectivity index (χ3v) is 4.45. The van der Waals surface area contributed by atoms with E-state index in [4.69, 9.17) is 0 Å². The lowest BCUT2D eigenvalue weighted by Crippen LogP contribution is -1.85. The van der Waals surface area contributed by atoms with E-state index in [0.29, 0.717) is 5.57 Å². The first kappa shape index (κ1) is 13.5. The van der Waals surface area contributed by atoms with Gasteiger partial charge in [0.2, 0.25) is 0 Å². The van der Waals surface area contributed by atoms with Gasteiger partial charge in [0.1, 0.15) is 11.1 Å². The lowest BCUT2D eigenvalue weighted by Gasteiger charge is -2.02. The SMILES string of the molecule is Cc1ccc(C)c(C=C(C#N)c2nc3ccccc3s2)c1. The smallest absolute Gasteiger partial charge is 0.135 e. The molecule has 0 saturated heterocycles. The average Bonchev–Trinajstić information content (AvgIpc) is 2.91. The molecule has 2 nitrogen and oxygen atoms in total. The van der Waals surface area contributed by atoms with Crippen molar-refractivity contribution < 1.29 is 0 Å². The first-order valence-corrected chi connectivity index (χ1v) is 7.54. The third kappa shape index (κ3) is 2.72. The van der Waals surface area contributed by atoms with Crippen molar-refractivity contribution in [1.29, 1.82) is 5.26 Å². The lowest BCUT2D eigenvalue weighted by molar-refractivity contribution is 1.37. The second kappa shape index (κ2) is 5.51. The van der Waals surface area contributed by atoms with Gasteiger partial charge in [-0.2, -0.15) is 5.26 Å². The van der Waals surface area contributed by atoms with Crippen LogP contribution in [0, 0.1) is 25.2 Å². The average molecular weight is 290 g/mol. The van der Waals surface area contributed by atoms with E-state index < -0.39 is 0 Å². The molecule has 0 bridgehead atoms. The van der Waals surface area contributed by atoms with Crippen LogP contribution in [0.1, 0.15) is 21.7 Å². The fourth-order valence-electron chi connectivity index (χ4n) is 2.20. The minimum Gasteiger partial charge on any atom is -0.235 e. The van der Waals surface area contributed by atoms with E-state index >= 15 is 0 Å². The van der Waals surface area contributed by atoms with E-state index in [2.05, 4.69) is 43.1 Å². The summed E-state index contributed by atoms with van der Waals surface area (Å²) in [6, 6.07) is 16.5. The molecule has 1 heterocycles. The first-order valence-electron chi connectivity index (χ1n) is 6.72. The molecule has 0 aliphatic rings. The van der Waals surface area contributed by atoms with Crippen molar-refractivity contribution in [1.82, 2.24) is 4.98 Å². The fraction of sp³-hybridized carbons (Fsp3) is 0.111. The molecule has 1 aromatic heterocycles. The van der Waals surface area contributed by atoms with Crippen LogP contribution in [0.2, 0.25) is 0 Å². The minimum atomic E-state index is 0.616. The molecule has 3 heteroatoms. The number of fused-ring (bicyclic) bond motifs is 1. The summed E-state index contributed by atoms with van der Waals surface area (Å²) in [6.45, 7) is 4.11. The molecule has 21 heavy (non-hydrogen) atoms. The predicted molar refractivity (Wildman–Crippen MR) is 89.0 cm³/mol. The molecular weight excluding hydrogens is 276 g/mol. The van der Waals surface area contributed by atoms with Gasteiger partial charge in [0.25, 0.3) is 0 Å². The normalized spacial score (nSPS) is 11.6. The number of nitrogens with zero attached hydrogens (tertiary/aromatic N) is 2. The number of aryl methyl sites for hydroxylation is 2. The van der Waals surface area contributed by atoms with Gasteiger partial charge >= 0.3 is 0 Å². The van der Waals surface area contributed by atoms with Gasteiger partial charge in [0.15, 0.2) is 0 Å². The third-order valence-electron chi connectivity index (χ3n) is 3.38. The molecular formula is C18H14N2S. The van der Waals surface area contributed by atoms with Crippen molar-refractivity contribution in [2.45, 2.75) is 13.8 Å². The molecule has 102 valence electrons. The van der Waals surface area contributed by atoms with Crippen LogP contribution in [0.25, 0.3) is 21.9 Å². The zero-order valence-corrected chi connectivity index (χ0v) is 12.7. The maximum absolute atomic E-state index is 9.47. The standard InChI is InChI=1S/C18H14N2S/c1-12-7-8-13(2)14(9-12)10-15(11-19)18-20-16-5-3-4-6-17(16)21-18/h3-10H,1-2H3. The molecule has 3 aromatic rings. The van der Waals surface area contributed by atoms with E-state index in [-0.39, 0.29) is 0 Å². The largest absolute Gasteiger partial charge is 0.235 e. The molecule has 0 aliphatic heterocycles. The summed E-state index contributed by atoms with van der Waals surface area (Å²) in [4.78, 5) is 4.56. The number of hydrogen-bond donors (Lipinski definition) is 0. The van der Waals surface area contributed by atoms with Crippen molar-refractivity contribution in [2.75, 3.05) is 0 Å². The van der Waals surface area contributed by atoms with Crippen LogP contribution in [-0.2, 0) is 0 Å². The number of para-hydroxylation sites is 1. The number of aromatic nitrogens is 1. The number of allylic oxidation sites excluding steroid dienone is 1. The highest BCUT2D eigenvalue weighted by atomic mass is 32.1. The molecule has 0 N–H and O–H groups in total. The Hall–Kier alpha value is -2.44. The van der Waals surface area contributed by atoms with E-state index in [1.165, 1.54) is 5.56 Å². The van der Waals surface area contributed by atoms with Crippen molar-refractivity contribution >= 4 is 33.2 Å². The summed E-state index contributed by atoms with van der Waals surface area (Å²) in [6.07, 6.45) is 1.93. The van der Waals surface area contributed by atoms with Gasteiger partial charge < -0.3 is 0 Å². The zero-order chi connectivity index (χ0) is 14.8. The number of rotatable bonds is 2. The Morgan fingerprint density at radius 3 is 2.76 bits per heavy atom. The van der Waals surface area contributed by atoms with Crippen LogP contribution in [0.15, 0.2) is 42.5 Å². The Morgan fingerprint density at radius 1 is 1.19 bits per heavy atom. The summed E-state index contributed by atoms with van der Waals surface area (Å²) in [5, 5.41) is 10.3. The van der Waals surface area contributed by atoms with Gasteiger partial charge in [-0.1, -0.05) is 35.9 Å². The highest BCUT2D eigenvalue weighted by Crippen LogP contribution is 2.28. The molecule has 0 saturated carbocycles. The maximum Gasteiger partial charge on any atom is 0.135 e. The van der Waals surface area contributed by atoms with E-state index in [9.17, 15) is 5.26 Å². The molecule has 0 aliphatic carbocycles. The Bertz CT molecular complexity index is 849. The van der Waals surface area contributed by atoms with Gasteiger partial charge in [0.05, 0.1) is 15.8 Å². The Balaban J connectivity index is 2.11. The van der Waals surface area contributed by atoms with Crippen molar-refractivity contribution in [3.63, 3.8) is 0 Å². The highest BCUT2D eigenvalue weighted by molar-refractivity contribution is 7.19. The molecule has 0 atom stereocenters. The van der Waals surface area contributed by atoms with Gasteiger partial charge in [-0.25, -0.2) is 4.98 Å². The second-order valence-corrected chi connectivity index (χ2v) is 6.05. The van der Waals surface area contributed by atoms with Crippen LogP contribution in [0.4, 0.5) is 0 Å². The molecule has 2 aromatic carbocycles. The van der Waals surface area contributed by atoms with E-state index in [1.54, 1.807) is 11.3 Å². The number of hydrogen-bond acceptors (Lipinski definition) is 3. The molecule has 0 radical (unpaired) electrons. The summed E-state index contributed by atoms with van der Waals surface area (Å²) >= 11 is 1.56. The minimum absolute atomic E-state index is 0.616. The van der Waals surface area contributed by atoms with Crippen molar-refractivity contribution in [3.8, 4) is 6.07 Å². The predicted octanol–water partition coefficient (Wildman–Crippen LogP) is 4.98. The topological polar surface area (TPSA) is 36.7 Å². The molecule has 3 rings (SSSR count). The van der Waals surface area contributed by atoms with Gasteiger partial charge in [0, 0.05) is 0 Å². The first-order chi connectivity index (χ1) is 10.2. The van der Waals surface area contributed by atoms with E-state index in [1.807, 2.05) is 30.3 Å². The summed E-state index contributed by atoms with van der Waals surface area (Å²) < 4.78 is 1.11. The Kier molecular flexibility index (Phi) is 3.55. The van der Waals surface area contributed by atoms with Crippen LogP contribution >= 0.6 is 11.3 Å². The maximum atomic E-state index is 9.47. The number of benzene rings is 2. The van der Waals surface area contributed by atoms with Gasteiger partial charge in [-0.15, -0.1) is 11.3 Å². The quantitative estimate of drug-likeness (QED) is 0.624. The zero-order valence-electron chi connectivity index (χ0n) is 11.9. The Morgan fingerprint density at radius 2 is 2.00 bits per heavy atom. The number of nitriles is 1. The van der Waals surface area contributed by atoms with Crippen LogP contribution in [0.5, 0.6) is 0 Å². The molecule has 0 fully saturated rings. The van der Waals surface area contributed by atoms with E-state index in [0.717, 1.165) is 26.4 Å². The Labute approximate surface area is 128 Å². The van der Waals surface area contributed by atoms with Crippen molar-refractivity contribution in [3.05, 3.63) is 64.2 Å². The fourth-order valence-corrected chi connectivity index (χ4v) is 3.13. The molecule has 0 spiro atoms. The van der Waals surface area contributed by atoms with Crippen LogP contribution < -0.4 is 0 Å². The highest BCUT2D eigenvalue weighted by Gasteiger charge is 2.09. The summed E-state index contributed by atoms with van der Waals surface area (Å²) in [5.41, 5.74) is 4.98. The van der Waals surface area contributed by atoms with Crippen molar-refractivity contribution in [2.24, 2.45) is 0 Å². The summed E-state index contributed by atoms with van der Waals surface area (Å²) in [7, 11) is 0. The molecule has 0 amide bonds. The van der Waals surface area contributed by atoms with Crippen LogP contribution in [-0.4, -0.2) is 4.98 Å². The van der Waals surface area contributed by atoms with Gasteiger partial charge in [-0.05, 0) is 43.2 Å². The second-order valence-electron chi connectivity index (χ2n) is 5.02. The monoisotopic (exact) mass is 290 g/mol.